The highest BCUT2D eigenvalue weighted by molar-refractivity contribution is 6.02. The van der Waals surface area contributed by atoms with Gasteiger partial charge in [-0.25, -0.2) is 4.79 Å². The Morgan fingerprint density at radius 2 is 1.62 bits per heavy atom. The zero-order valence-corrected chi connectivity index (χ0v) is 17.0. The molecule has 158 valence electrons. The topological polar surface area (TPSA) is 116 Å². The lowest BCUT2D eigenvalue weighted by Gasteiger charge is -2.43. The van der Waals surface area contributed by atoms with E-state index in [0.29, 0.717) is 5.56 Å². The molecule has 1 saturated carbocycles. The second-order valence-electron chi connectivity index (χ2n) is 7.10. The van der Waals surface area contributed by atoms with Crippen LogP contribution in [0.15, 0.2) is 24.3 Å². The minimum absolute atomic E-state index is 0.0665. The SMILES string of the molecule is CCOC(=O)[C@H]1C(=O)C[C@@](C)(O)[C@H](C(=O)OCC)[C@@H]1c1ccc(C(=O)OC)cc1. The van der Waals surface area contributed by atoms with Crippen molar-refractivity contribution in [3.8, 4) is 0 Å². The maximum Gasteiger partial charge on any atom is 0.337 e. The van der Waals surface area contributed by atoms with Crippen molar-refractivity contribution in [2.75, 3.05) is 20.3 Å². The lowest BCUT2D eigenvalue weighted by atomic mass is 9.61. The third kappa shape index (κ3) is 4.64. The Hall–Kier alpha value is -2.74. The average Bonchev–Trinajstić information content (AvgIpc) is 2.66. The fourth-order valence-electron chi connectivity index (χ4n) is 3.84. The van der Waals surface area contributed by atoms with Gasteiger partial charge in [-0.2, -0.15) is 0 Å². The molecule has 0 unspecified atom stereocenters. The van der Waals surface area contributed by atoms with Gasteiger partial charge in [-0.05, 0) is 38.5 Å². The van der Waals surface area contributed by atoms with Crippen molar-refractivity contribution in [1.82, 2.24) is 0 Å². The third-order valence-electron chi connectivity index (χ3n) is 5.06. The van der Waals surface area contributed by atoms with Gasteiger partial charge in [0.15, 0.2) is 5.78 Å². The molecule has 0 radical (unpaired) electrons. The molecular weight excluding hydrogens is 380 g/mol. The maximum atomic E-state index is 12.8. The first-order chi connectivity index (χ1) is 13.7. The van der Waals surface area contributed by atoms with E-state index in [4.69, 9.17) is 9.47 Å². The first kappa shape index (κ1) is 22.5. The Bertz CT molecular complexity index is 780. The molecule has 1 N–H and O–H groups in total. The predicted molar refractivity (Wildman–Crippen MR) is 101 cm³/mol. The van der Waals surface area contributed by atoms with E-state index in [1.807, 2.05) is 0 Å². The van der Waals surface area contributed by atoms with E-state index in [1.54, 1.807) is 13.8 Å². The summed E-state index contributed by atoms with van der Waals surface area (Å²) in [6.07, 6.45) is -0.378. The number of esters is 3. The molecular formula is C21H26O8. The molecule has 0 spiro atoms. The van der Waals surface area contributed by atoms with Crippen LogP contribution in [-0.4, -0.2) is 54.7 Å². The highest BCUT2D eigenvalue weighted by Crippen LogP contribution is 2.46. The van der Waals surface area contributed by atoms with Crippen molar-refractivity contribution in [2.24, 2.45) is 11.8 Å². The van der Waals surface area contributed by atoms with Gasteiger partial charge >= 0.3 is 17.9 Å². The summed E-state index contributed by atoms with van der Waals surface area (Å²) in [5.41, 5.74) is -1.01. The minimum Gasteiger partial charge on any atom is -0.466 e. The van der Waals surface area contributed by atoms with Crippen molar-refractivity contribution < 1.29 is 38.5 Å². The number of ether oxygens (including phenoxy) is 3. The molecule has 1 aromatic rings. The van der Waals surface area contributed by atoms with Crippen molar-refractivity contribution >= 4 is 23.7 Å². The van der Waals surface area contributed by atoms with Crippen LogP contribution in [0.4, 0.5) is 0 Å². The summed E-state index contributed by atoms with van der Waals surface area (Å²) >= 11 is 0. The molecule has 0 saturated heterocycles. The van der Waals surface area contributed by atoms with Gasteiger partial charge in [-0.3, -0.25) is 14.4 Å². The molecule has 1 fully saturated rings. The number of methoxy groups -OCH3 is 1. The number of carbonyl (C=O) groups is 4. The number of carbonyl (C=O) groups excluding carboxylic acids is 4. The van der Waals surface area contributed by atoms with Crippen molar-refractivity contribution in [2.45, 2.75) is 38.7 Å². The Kier molecular flexibility index (Phi) is 7.13. The Morgan fingerprint density at radius 1 is 1.07 bits per heavy atom. The van der Waals surface area contributed by atoms with E-state index in [9.17, 15) is 24.3 Å². The van der Waals surface area contributed by atoms with Crippen molar-refractivity contribution in [1.29, 1.82) is 0 Å². The summed E-state index contributed by atoms with van der Waals surface area (Å²) in [6.45, 7) is 4.77. The van der Waals surface area contributed by atoms with Crippen molar-refractivity contribution in [3.63, 3.8) is 0 Å². The summed E-state index contributed by atoms with van der Waals surface area (Å²) in [4.78, 5) is 49.8. The van der Waals surface area contributed by atoms with Gasteiger partial charge < -0.3 is 19.3 Å². The van der Waals surface area contributed by atoms with Crippen LogP contribution in [0.2, 0.25) is 0 Å². The van der Waals surface area contributed by atoms with Gasteiger partial charge in [0.1, 0.15) is 5.92 Å². The van der Waals surface area contributed by atoms with Crippen LogP contribution in [0.5, 0.6) is 0 Å². The van der Waals surface area contributed by atoms with Crippen molar-refractivity contribution in [3.05, 3.63) is 35.4 Å². The van der Waals surface area contributed by atoms with Crippen LogP contribution in [0.1, 0.15) is 49.0 Å². The molecule has 29 heavy (non-hydrogen) atoms. The molecule has 0 aliphatic heterocycles. The van der Waals surface area contributed by atoms with E-state index in [0.717, 1.165) is 0 Å². The summed E-state index contributed by atoms with van der Waals surface area (Å²) in [5, 5.41) is 10.9. The molecule has 0 bridgehead atoms. The molecule has 0 aromatic heterocycles. The van der Waals surface area contributed by atoms with E-state index >= 15 is 0 Å². The van der Waals surface area contributed by atoms with Crippen LogP contribution in [-0.2, 0) is 28.6 Å². The molecule has 0 amide bonds. The molecule has 8 heteroatoms. The number of Topliss-reactive ketones (excluding diaryl/α,β-unsaturated/α-hetero) is 1. The zero-order valence-electron chi connectivity index (χ0n) is 17.0. The van der Waals surface area contributed by atoms with Gasteiger partial charge in [0.2, 0.25) is 0 Å². The maximum absolute atomic E-state index is 12.8. The summed E-state index contributed by atoms with van der Waals surface area (Å²) in [5.74, 6) is -5.97. The quantitative estimate of drug-likeness (QED) is 0.431. The van der Waals surface area contributed by atoms with E-state index < -0.39 is 47.0 Å². The lowest BCUT2D eigenvalue weighted by Crippen LogP contribution is -2.55. The van der Waals surface area contributed by atoms with Gasteiger partial charge in [0.05, 0.1) is 37.4 Å². The molecule has 1 aliphatic carbocycles. The Balaban J connectivity index is 2.59. The minimum atomic E-state index is -1.71. The number of rotatable bonds is 6. The molecule has 0 heterocycles. The third-order valence-corrected chi connectivity index (χ3v) is 5.06. The fourth-order valence-corrected chi connectivity index (χ4v) is 3.84. The van der Waals surface area contributed by atoms with Gasteiger partial charge in [-0.1, -0.05) is 12.1 Å². The number of hydrogen-bond acceptors (Lipinski definition) is 8. The number of ketones is 1. The van der Waals surface area contributed by atoms with E-state index in [-0.39, 0.29) is 25.2 Å². The Morgan fingerprint density at radius 3 is 2.14 bits per heavy atom. The number of benzene rings is 1. The van der Waals surface area contributed by atoms with Gasteiger partial charge in [0, 0.05) is 12.3 Å². The highest BCUT2D eigenvalue weighted by atomic mass is 16.5. The van der Waals surface area contributed by atoms with Gasteiger partial charge in [-0.15, -0.1) is 0 Å². The summed E-state index contributed by atoms with van der Waals surface area (Å²) in [6, 6.07) is 6.01. The second kappa shape index (κ2) is 9.17. The van der Waals surface area contributed by atoms with Gasteiger partial charge in [0.25, 0.3) is 0 Å². The largest absolute Gasteiger partial charge is 0.466 e. The monoisotopic (exact) mass is 406 g/mol. The average molecular weight is 406 g/mol. The Labute approximate surface area is 169 Å². The molecule has 1 aliphatic rings. The zero-order chi connectivity index (χ0) is 21.8. The molecule has 4 atom stereocenters. The standard InChI is InChI=1S/C21H26O8/c1-5-28-19(24)16-14(22)11-21(3,26)17(20(25)29-6-2)15(16)12-7-9-13(10-8-12)18(23)27-4/h7-10,15-17,26H,5-6,11H2,1-4H3/t15-,16+,17+,21-/m1/s1. The van der Waals surface area contributed by atoms with Crippen LogP contribution in [0, 0.1) is 11.8 Å². The van der Waals surface area contributed by atoms with E-state index in [1.165, 1.54) is 38.3 Å². The second-order valence-corrected chi connectivity index (χ2v) is 7.10. The number of aliphatic hydroxyl groups is 1. The number of hydrogen-bond donors (Lipinski definition) is 1. The smallest absolute Gasteiger partial charge is 0.337 e. The summed E-state index contributed by atoms with van der Waals surface area (Å²) < 4.78 is 14.9. The lowest BCUT2D eigenvalue weighted by molar-refractivity contribution is -0.172. The molecule has 2 rings (SSSR count). The van der Waals surface area contributed by atoms with E-state index in [2.05, 4.69) is 4.74 Å². The predicted octanol–water partition coefficient (Wildman–Crippen LogP) is 1.64. The van der Waals surface area contributed by atoms with Crippen LogP contribution in [0.3, 0.4) is 0 Å². The molecule has 8 nitrogen and oxygen atoms in total. The molecule has 1 aromatic carbocycles. The highest BCUT2D eigenvalue weighted by Gasteiger charge is 2.57. The first-order valence-corrected chi connectivity index (χ1v) is 9.44. The van der Waals surface area contributed by atoms with Crippen LogP contribution < -0.4 is 0 Å². The van der Waals surface area contributed by atoms with Crippen LogP contribution in [0.25, 0.3) is 0 Å². The first-order valence-electron chi connectivity index (χ1n) is 9.44. The fraction of sp³-hybridized carbons (Fsp3) is 0.524. The summed E-state index contributed by atoms with van der Waals surface area (Å²) in [7, 11) is 1.25. The van der Waals surface area contributed by atoms with Crippen LogP contribution >= 0.6 is 0 Å². The normalized spacial score (nSPS) is 26.5.